The molecule has 0 amide bonds. The third-order valence-corrected chi connectivity index (χ3v) is 2.80. The lowest BCUT2D eigenvalue weighted by molar-refractivity contribution is 0.0253. The van der Waals surface area contributed by atoms with Crippen molar-refractivity contribution in [1.82, 2.24) is 5.32 Å². The summed E-state index contributed by atoms with van der Waals surface area (Å²) in [5, 5.41) is 3.42. The number of benzene rings is 1. The van der Waals surface area contributed by atoms with Crippen molar-refractivity contribution in [3.05, 3.63) is 35.9 Å². The molecule has 1 rings (SSSR count). The first-order valence-electron chi connectivity index (χ1n) is 6.77. The van der Waals surface area contributed by atoms with Crippen LogP contribution in [0.2, 0.25) is 0 Å². The van der Waals surface area contributed by atoms with Crippen LogP contribution in [-0.2, 0) is 14.2 Å². The van der Waals surface area contributed by atoms with Crippen LogP contribution in [0.15, 0.2) is 30.3 Å². The lowest BCUT2D eigenvalue weighted by atomic mass is 10.1. The molecule has 4 heteroatoms. The summed E-state index contributed by atoms with van der Waals surface area (Å²) in [5.74, 6) is 0. The van der Waals surface area contributed by atoms with Gasteiger partial charge in [0.15, 0.2) is 0 Å². The van der Waals surface area contributed by atoms with Crippen LogP contribution in [0.3, 0.4) is 0 Å². The molecule has 108 valence electrons. The zero-order chi connectivity index (χ0) is 13.8. The van der Waals surface area contributed by atoms with Gasteiger partial charge in [-0.25, -0.2) is 0 Å². The number of nitrogens with one attached hydrogen (secondary N) is 1. The Balaban J connectivity index is 1.93. The summed E-state index contributed by atoms with van der Waals surface area (Å²) in [7, 11) is 1.67. The minimum Gasteiger partial charge on any atom is -0.382 e. The molecule has 1 aromatic carbocycles. The van der Waals surface area contributed by atoms with E-state index in [-0.39, 0.29) is 0 Å². The summed E-state index contributed by atoms with van der Waals surface area (Å²) in [5.41, 5.74) is 1.30. The van der Waals surface area contributed by atoms with Gasteiger partial charge in [0.05, 0.1) is 33.0 Å². The van der Waals surface area contributed by atoms with Crippen molar-refractivity contribution in [2.45, 2.75) is 13.0 Å². The number of hydrogen-bond acceptors (Lipinski definition) is 4. The summed E-state index contributed by atoms with van der Waals surface area (Å²) in [6.45, 7) is 6.21. The Morgan fingerprint density at radius 1 is 0.947 bits per heavy atom. The SMILES string of the molecule is COCCOCCOCCNC(C)c1ccccc1. The maximum Gasteiger partial charge on any atom is 0.0701 e. The third kappa shape index (κ3) is 7.95. The highest BCUT2D eigenvalue weighted by molar-refractivity contribution is 5.17. The van der Waals surface area contributed by atoms with Gasteiger partial charge in [0.1, 0.15) is 0 Å². The van der Waals surface area contributed by atoms with Gasteiger partial charge in [-0.05, 0) is 12.5 Å². The average Bonchev–Trinajstić information content (AvgIpc) is 2.46. The molecule has 1 unspecified atom stereocenters. The summed E-state index contributed by atoms with van der Waals surface area (Å²) >= 11 is 0. The molecule has 19 heavy (non-hydrogen) atoms. The second kappa shape index (κ2) is 10.9. The molecule has 0 fully saturated rings. The normalized spacial score (nSPS) is 12.5. The molecule has 0 spiro atoms. The number of hydrogen-bond donors (Lipinski definition) is 1. The van der Waals surface area contributed by atoms with E-state index in [0.29, 0.717) is 39.1 Å². The number of ether oxygens (including phenoxy) is 3. The first kappa shape index (κ1) is 16.1. The van der Waals surface area contributed by atoms with Gasteiger partial charge in [-0.15, -0.1) is 0 Å². The van der Waals surface area contributed by atoms with E-state index in [9.17, 15) is 0 Å². The Hall–Kier alpha value is -0.940. The highest BCUT2D eigenvalue weighted by Crippen LogP contribution is 2.10. The molecule has 0 heterocycles. The fourth-order valence-corrected chi connectivity index (χ4v) is 1.67. The third-order valence-electron chi connectivity index (χ3n) is 2.80. The first-order chi connectivity index (χ1) is 9.34. The number of rotatable bonds is 11. The highest BCUT2D eigenvalue weighted by atomic mass is 16.5. The second-order valence-electron chi connectivity index (χ2n) is 4.30. The predicted octanol–water partition coefficient (Wildman–Crippen LogP) is 2.02. The molecule has 0 aliphatic rings. The second-order valence-corrected chi connectivity index (χ2v) is 4.30. The Morgan fingerprint density at radius 2 is 1.58 bits per heavy atom. The lowest BCUT2D eigenvalue weighted by Crippen LogP contribution is -2.24. The van der Waals surface area contributed by atoms with E-state index < -0.39 is 0 Å². The highest BCUT2D eigenvalue weighted by Gasteiger charge is 2.02. The van der Waals surface area contributed by atoms with Crippen LogP contribution in [0.5, 0.6) is 0 Å². The lowest BCUT2D eigenvalue weighted by Gasteiger charge is -2.14. The van der Waals surface area contributed by atoms with Crippen LogP contribution in [0.25, 0.3) is 0 Å². The zero-order valence-corrected chi connectivity index (χ0v) is 11.9. The van der Waals surface area contributed by atoms with Crippen molar-refractivity contribution >= 4 is 0 Å². The molecule has 4 nitrogen and oxygen atoms in total. The van der Waals surface area contributed by atoms with Gasteiger partial charge in [-0.2, -0.15) is 0 Å². The van der Waals surface area contributed by atoms with Crippen molar-refractivity contribution in [3.63, 3.8) is 0 Å². The maximum absolute atomic E-state index is 5.47. The molecule has 0 radical (unpaired) electrons. The Morgan fingerprint density at radius 3 is 2.26 bits per heavy atom. The van der Waals surface area contributed by atoms with E-state index in [1.807, 2.05) is 6.07 Å². The van der Waals surface area contributed by atoms with Crippen LogP contribution in [0, 0.1) is 0 Å². The predicted molar refractivity (Wildman–Crippen MR) is 76.4 cm³/mol. The van der Waals surface area contributed by atoms with E-state index in [2.05, 4.69) is 36.5 Å². The van der Waals surface area contributed by atoms with Gasteiger partial charge < -0.3 is 19.5 Å². The topological polar surface area (TPSA) is 39.7 Å². The van der Waals surface area contributed by atoms with Crippen LogP contribution in [0.1, 0.15) is 18.5 Å². The Labute approximate surface area is 116 Å². The molecular weight excluding hydrogens is 242 g/mol. The van der Waals surface area contributed by atoms with Gasteiger partial charge in [-0.1, -0.05) is 30.3 Å². The molecule has 0 aliphatic heterocycles. The summed E-state index contributed by atoms with van der Waals surface area (Å²) in [4.78, 5) is 0. The minimum atomic E-state index is 0.350. The van der Waals surface area contributed by atoms with Crippen LogP contribution in [0.4, 0.5) is 0 Å². The molecule has 1 aromatic rings. The van der Waals surface area contributed by atoms with Crippen molar-refractivity contribution in [2.24, 2.45) is 0 Å². The molecule has 0 saturated carbocycles. The molecule has 1 N–H and O–H groups in total. The molecule has 0 saturated heterocycles. The monoisotopic (exact) mass is 267 g/mol. The molecule has 0 aliphatic carbocycles. The van der Waals surface area contributed by atoms with Crippen molar-refractivity contribution in [1.29, 1.82) is 0 Å². The van der Waals surface area contributed by atoms with Gasteiger partial charge in [0.25, 0.3) is 0 Å². The van der Waals surface area contributed by atoms with Gasteiger partial charge in [-0.3, -0.25) is 0 Å². The van der Waals surface area contributed by atoms with Crippen LogP contribution >= 0.6 is 0 Å². The summed E-state index contributed by atoms with van der Waals surface area (Å²) < 4.78 is 15.7. The van der Waals surface area contributed by atoms with E-state index in [0.717, 1.165) is 6.54 Å². The van der Waals surface area contributed by atoms with E-state index in [1.165, 1.54) is 5.56 Å². The average molecular weight is 267 g/mol. The Bertz CT molecular complexity index is 306. The fraction of sp³-hybridized carbons (Fsp3) is 0.600. The molecular formula is C15H25NO3. The minimum absolute atomic E-state index is 0.350. The van der Waals surface area contributed by atoms with E-state index in [4.69, 9.17) is 14.2 Å². The van der Waals surface area contributed by atoms with Gasteiger partial charge >= 0.3 is 0 Å². The maximum atomic E-state index is 5.47. The van der Waals surface area contributed by atoms with Crippen molar-refractivity contribution in [2.75, 3.05) is 46.7 Å². The quantitative estimate of drug-likeness (QED) is 0.623. The Kier molecular flexibility index (Phi) is 9.27. The van der Waals surface area contributed by atoms with Crippen LogP contribution < -0.4 is 5.32 Å². The van der Waals surface area contributed by atoms with E-state index in [1.54, 1.807) is 7.11 Å². The van der Waals surface area contributed by atoms with Crippen molar-refractivity contribution < 1.29 is 14.2 Å². The largest absolute Gasteiger partial charge is 0.382 e. The summed E-state index contributed by atoms with van der Waals surface area (Å²) in [6.07, 6.45) is 0. The fourth-order valence-electron chi connectivity index (χ4n) is 1.67. The number of methoxy groups -OCH3 is 1. The summed E-state index contributed by atoms with van der Waals surface area (Å²) in [6, 6.07) is 10.7. The van der Waals surface area contributed by atoms with E-state index >= 15 is 0 Å². The molecule has 1 atom stereocenters. The standard InChI is InChI=1S/C15H25NO3/c1-14(15-6-4-3-5-7-15)16-8-9-18-12-13-19-11-10-17-2/h3-7,14,16H,8-13H2,1-2H3. The zero-order valence-electron chi connectivity index (χ0n) is 11.9. The smallest absolute Gasteiger partial charge is 0.0701 e. The van der Waals surface area contributed by atoms with Crippen LogP contribution in [-0.4, -0.2) is 46.7 Å². The van der Waals surface area contributed by atoms with Crippen molar-refractivity contribution in [3.8, 4) is 0 Å². The van der Waals surface area contributed by atoms with Gasteiger partial charge in [0.2, 0.25) is 0 Å². The molecule has 0 aromatic heterocycles. The van der Waals surface area contributed by atoms with Gasteiger partial charge in [0, 0.05) is 19.7 Å². The molecule has 0 bridgehead atoms. The first-order valence-corrected chi connectivity index (χ1v) is 6.77.